The molecule has 0 fully saturated rings. The summed E-state index contributed by atoms with van der Waals surface area (Å²) in [4.78, 5) is 0. The molecule has 4 nitrogen and oxygen atoms in total. The van der Waals surface area contributed by atoms with Gasteiger partial charge in [-0.1, -0.05) is 13.8 Å². The summed E-state index contributed by atoms with van der Waals surface area (Å²) in [6.45, 7) is 11.8. The van der Waals surface area contributed by atoms with E-state index in [4.69, 9.17) is 0 Å². The summed E-state index contributed by atoms with van der Waals surface area (Å²) in [5.41, 5.74) is 3.85. The second kappa shape index (κ2) is 7.54. The van der Waals surface area contributed by atoms with Gasteiger partial charge < -0.3 is 10.6 Å². The lowest BCUT2D eigenvalue weighted by atomic mass is 10.1. The van der Waals surface area contributed by atoms with Gasteiger partial charge in [-0.2, -0.15) is 5.10 Å². The molecule has 0 saturated heterocycles. The average Bonchev–Trinajstić information content (AvgIpc) is 2.53. The first-order valence-electron chi connectivity index (χ1n) is 6.95. The van der Waals surface area contributed by atoms with E-state index < -0.39 is 0 Å². The second-order valence-electron chi connectivity index (χ2n) is 5.24. The first kappa shape index (κ1) is 15.2. The Bertz CT molecular complexity index is 355. The lowest BCUT2D eigenvalue weighted by molar-refractivity contribution is 0.548. The highest BCUT2D eigenvalue weighted by Gasteiger charge is 2.07. The van der Waals surface area contributed by atoms with E-state index in [1.54, 1.807) is 0 Å². The van der Waals surface area contributed by atoms with Gasteiger partial charge in [-0.3, -0.25) is 4.68 Å². The van der Waals surface area contributed by atoms with Crippen LogP contribution in [0.1, 0.15) is 37.2 Å². The van der Waals surface area contributed by atoms with Crippen LogP contribution in [0.5, 0.6) is 0 Å². The van der Waals surface area contributed by atoms with Gasteiger partial charge in [-0.15, -0.1) is 0 Å². The van der Waals surface area contributed by atoms with Crippen molar-refractivity contribution in [2.45, 2.75) is 46.6 Å². The molecule has 0 aliphatic heterocycles. The van der Waals surface area contributed by atoms with Crippen molar-refractivity contribution in [1.29, 1.82) is 0 Å². The molecule has 1 rings (SSSR count). The molecule has 0 bridgehead atoms. The third-order valence-electron chi connectivity index (χ3n) is 3.29. The van der Waals surface area contributed by atoms with Crippen molar-refractivity contribution in [1.82, 2.24) is 20.4 Å². The molecule has 0 saturated carbocycles. The predicted octanol–water partition coefficient (Wildman–Crippen LogP) is 1.56. The molecule has 0 unspecified atom stereocenters. The molecule has 18 heavy (non-hydrogen) atoms. The Morgan fingerprint density at radius 2 is 1.89 bits per heavy atom. The monoisotopic (exact) mass is 252 g/mol. The highest BCUT2D eigenvalue weighted by atomic mass is 15.3. The lowest BCUT2D eigenvalue weighted by Gasteiger charge is -2.08. The van der Waals surface area contributed by atoms with Crippen LogP contribution in [0.4, 0.5) is 0 Å². The van der Waals surface area contributed by atoms with Crippen LogP contribution in [0.25, 0.3) is 0 Å². The minimum Gasteiger partial charge on any atom is -0.316 e. The van der Waals surface area contributed by atoms with Crippen molar-refractivity contribution in [2.24, 2.45) is 7.05 Å². The molecular formula is C14H28N4. The van der Waals surface area contributed by atoms with E-state index in [1.165, 1.54) is 23.4 Å². The molecule has 0 amide bonds. The number of hydrogen-bond acceptors (Lipinski definition) is 3. The minimum atomic E-state index is 0.589. The van der Waals surface area contributed by atoms with Crippen LogP contribution in [0.15, 0.2) is 0 Å². The molecule has 1 heterocycles. The Kier molecular flexibility index (Phi) is 6.36. The van der Waals surface area contributed by atoms with Gasteiger partial charge in [-0.25, -0.2) is 0 Å². The third kappa shape index (κ3) is 4.78. The van der Waals surface area contributed by atoms with Gasteiger partial charge >= 0.3 is 0 Å². The van der Waals surface area contributed by atoms with E-state index in [-0.39, 0.29) is 0 Å². The molecule has 1 aromatic heterocycles. The maximum atomic E-state index is 4.44. The van der Waals surface area contributed by atoms with Crippen LogP contribution >= 0.6 is 0 Å². The maximum absolute atomic E-state index is 4.44. The van der Waals surface area contributed by atoms with Crippen molar-refractivity contribution in [3.8, 4) is 0 Å². The largest absolute Gasteiger partial charge is 0.316 e. The molecule has 0 aliphatic carbocycles. The van der Waals surface area contributed by atoms with Gasteiger partial charge in [-0.05, 0) is 51.9 Å². The minimum absolute atomic E-state index is 0.589. The first-order chi connectivity index (χ1) is 8.52. The zero-order valence-corrected chi connectivity index (χ0v) is 12.5. The number of nitrogens with zero attached hydrogens (tertiary/aromatic N) is 2. The summed E-state index contributed by atoms with van der Waals surface area (Å²) in [5.74, 6) is 0. The lowest BCUT2D eigenvalue weighted by Crippen LogP contribution is -2.27. The Balaban J connectivity index is 2.14. The molecule has 4 heteroatoms. The fourth-order valence-electron chi connectivity index (χ4n) is 2.12. The fraction of sp³-hybridized carbons (Fsp3) is 0.786. The smallest absolute Gasteiger partial charge is 0.0628 e. The normalized spacial score (nSPS) is 11.4. The van der Waals surface area contributed by atoms with E-state index in [0.717, 1.165) is 26.1 Å². The summed E-state index contributed by atoms with van der Waals surface area (Å²) >= 11 is 0. The number of aromatic nitrogens is 2. The average molecular weight is 252 g/mol. The Morgan fingerprint density at radius 1 is 1.17 bits per heavy atom. The molecular weight excluding hydrogens is 224 g/mol. The van der Waals surface area contributed by atoms with Gasteiger partial charge in [0.25, 0.3) is 0 Å². The molecule has 0 aromatic carbocycles. The SMILES string of the molecule is Cc1nn(C)c(C)c1CCNCCCNC(C)C. The summed E-state index contributed by atoms with van der Waals surface area (Å²) in [7, 11) is 2.01. The van der Waals surface area contributed by atoms with E-state index in [1.807, 2.05) is 11.7 Å². The van der Waals surface area contributed by atoms with Crippen LogP contribution in [0.2, 0.25) is 0 Å². The molecule has 104 valence electrons. The Labute approximate surface area is 111 Å². The molecule has 0 radical (unpaired) electrons. The number of rotatable bonds is 8. The number of nitrogens with one attached hydrogen (secondary N) is 2. The van der Waals surface area contributed by atoms with Gasteiger partial charge in [0.15, 0.2) is 0 Å². The Hall–Kier alpha value is -0.870. The zero-order valence-electron chi connectivity index (χ0n) is 12.5. The Morgan fingerprint density at radius 3 is 2.44 bits per heavy atom. The zero-order chi connectivity index (χ0) is 13.5. The molecule has 0 spiro atoms. The van der Waals surface area contributed by atoms with Gasteiger partial charge in [0.1, 0.15) is 0 Å². The van der Waals surface area contributed by atoms with E-state index in [0.29, 0.717) is 6.04 Å². The van der Waals surface area contributed by atoms with E-state index >= 15 is 0 Å². The van der Waals surface area contributed by atoms with Crippen LogP contribution in [0, 0.1) is 13.8 Å². The van der Waals surface area contributed by atoms with Crippen molar-refractivity contribution < 1.29 is 0 Å². The second-order valence-corrected chi connectivity index (χ2v) is 5.24. The van der Waals surface area contributed by atoms with Crippen molar-refractivity contribution in [3.05, 3.63) is 17.0 Å². The van der Waals surface area contributed by atoms with Crippen molar-refractivity contribution in [3.63, 3.8) is 0 Å². The van der Waals surface area contributed by atoms with Gasteiger partial charge in [0.2, 0.25) is 0 Å². The summed E-state index contributed by atoms with van der Waals surface area (Å²) in [6.07, 6.45) is 2.26. The standard InChI is InChI=1S/C14H28N4/c1-11(2)16-9-6-8-15-10-7-14-12(3)17-18(5)13(14)4/h11,15-16H,6-10H2,1-5H3. The van der Waals surface area contributed by atoms with Crippen LogP contribution in [0.3, 0.4) is 0 Å². The van der Waals surface area contributed by atoms with E-state index in [2.05, 4.69) is 43.4 Å². The molecule has 0 atom stereocenters. The fourth-order valence-corrected chi connectivity index (χ4v) is 2.12. The van der Waals surface area contributed by atoms with Gasteiger partial charge in [0.05, 0.1) is 5.69 Å². The summed E-state index contributed by atoms with van der Waals surface area (Å²) in [6, 6.07) is 0.589. The quantitative estimate of drug-likeness (QED) is 0.690. The molecule has 0 aliphatic rings. The van der Waals surface area contributed by atoms with Crippen molar-refractivity contribution >= 4 is 0 Å². The summed E-state index contributed by atoms with van der Waals surface area (Å²) in [5, 5.41) is 11.4. The van der Waals surface area contributed by atoms with Crippen LogP contribution in [-0.4, -0.2) is 35.5 Å². The van der Waals surface area contributed by atoms with Gasteiger partial charge in [0, 0.05) is 18.8 Å². The highest BCUT2D eigenvalue weighted by Crippen LogP contribution is 2.11. The highest BCUT2D eigenvalue weighted by molar-refractivity contribution is 5.24. The summed E-state index contributed by atoms with van der Waals surface area (Å²) < 4.78 is 1.97. The number of hydrogen-bond donors (Lipinski definition) is 2. The molecule has 1 aromatic rings. The van der Waals surface area contributed by atoms with Crippen LogP contribution < -0.4 is 10.6 Å². The van der Waals surface area contributed by atoms with Crippen LogP contribution in [-0.2, 0) is 13.5 Å². The molecule has 2 N–H and O–H groups in total. The van der Waals surface area contributed by atoms with Crippen molar-refractivity contribution in [2.75, 3.05) is 19.6 Å². The topological polar surface area (TPSA) is 41.9 Å². The maximum Gasteiger partial charge on any atom is 0.0628 e. The third-order valence-corrected chi connectivity index (χ3v) is 3.29. The van der Waals surface area contributed by atoms with E-state index in [9.17, 15) is 0 Å². The predicted molar refractivity (Wildman–Crippen MR) is 77.0 cm³/mol. The number of aryl methyl sites for hydroxylation is 2. The first-order valence-corrected chi connectivity index (χ1v) is 6.95.